The highest BCUT2D eigenvalue weighted by Gasteiger charge is 2.13. The summed E-state index contributed by atoms with van der Waals surface area (Å²) in [5.41, 5.74) is 0.876. The maximum absolute atomic E-state index is 13.7. The minimum Gasteiger partial charge on any atom is -0.339 e. The van der Waals surface area contributed by atoms with Gasteiger partial charge in [-0.25, -0.2) is 4.39 Å². The van der Waals surface area contributed by atoms with Crippen LogP contribution in [0.5, 0.6) is 0 Å². The molecule has 5 nitrogen and oxygen atoms in total. The molecular formula is C17H13ClFN3O2. The molecule has 1 heterocycles. The van der Waals surface area contributed by atoms with Crippen molar-refractivity contribution in [2.45, 2.75) is 12.8 Å². The zero-order valence-corrected chi connectivity index (χ0v) is 13.3. The fraction of sp³-hybridized carbons (Fsp3) is 0.118. The number of benzene rings is 2. The molecule has 1 N–H and O–H groups in total. The third kappa shape index (κ3) is 3.78. The van der Waals surface area contributed by atoms with E-state index < -0.39 is 5.82 Å². The fourth-order valence-electron chi connectivity index (χ4n) is 2.09. The van der Waals surface area contributed by atoms with Crippen molar-refractivity contribution in [2.75, 3.05) is 5.32 Å². The normalized spacial score (nSPS) is 10.6. The summed E-state index contributed by atoms with van der Waals surface area (Å²) in [4.78, 5) is 16.2. The Kier molecular flexibility index (Phi) is 4.86. The van der Waals surface area contributed by atoms with Crippen LogP contribution in [0.3, 0.4) is 0 Å². The molecule has 0 aliphatic rings. The van der Waals surface area contributed by atoms with Crippen LogP contribution < -0.4 is 5.32 Å². The van der Waals surface area contributed by atoms with Gasteiger partial charge in [0.15, 0.2) is 5.82 Å². The van der Waals surface area contributed by atoms with E-state index in [1.54, 1.807) is 6.07 Å². The molecule has 122 valence electrons. The molecule has 3 aromatic rings. The van der Waals surface area contributed by atoms with Gasteiger partial charge >= 0.3 is 0 Å². The predicted octanol–water partition coefficient (Wildman–Crippen LogP) is 4.10. The number of amides is 1. The van der Waals surface area contributed by atoms with Crippen LogP contribution >= 0.6 is 11.6 Å². The topological polar surface area (TPSA) is 68.0 Å². The number of nitrogens with zero attached hydrogens (tertiary/aromatic N) is 2. The standard InChI is InChI=1S/C17H13ClFN3O2/c18-12-7-4-8-13(16(12)19)20-14(23)9-10-15-21-17(22-24-15)11-5-2-1-3-6-11/h1-8H,9-10H2,(H,20,23). The minimum atomic E-state index is -0.656. The second-order valence-electron chi connectivity index (χ2n) is 5.03. The molecule has 0 radical (unpaired) electrons. The van der Waals surface area contributed by atoms with Gasteiger partial charge in [0.2, 0.25) is 17.6 Å². The largest absolute Gasteiger partial charge is 0.339 e. The molecule has 1 aromatic heterocycles. The maximum atomic E-state index is 13.7. The molecule has 0 fully saturated rings. The molecule has 0 spiro atoms. The molecule has 1 amide bonds. The van der Waals surface area contributed by atoms with Gasteiger partial charge in [-0.1, -0.05) is 53.2 Å². The minimum absolute atomic E-state index is 0.0443. The summed E-state index contributed by atoms with van der Waals surface area (Å²) in [6, 6.07) is 13.8. The number of aryl methyl sites for hydroxylation is 1. The van der Waals surface area contributed by atoms with Crippen LogP contribution in [0.25, 0.3) is 11.4 Å². The van der Waals surface area contributed by atoms with E-state index in [1.807, 2.05) is 30.3 Å². The molecule has 0 saturated carbocycles. The highest BCUT2D eigenvalue weighted by atomic mass is 35.5. The average molecular weight is 346 g/mol. The second-order valence-corrected chi connectivity index (χ2v) is 5.43. The molecule has 0 aliphatic heterocycles. The van der Waals surface area contributed by atoms with E-state index in [9.17, 15) is 9.18 Å². The van der Waals surface area contributed by atoms with Crippen molar-refractivity contribution in [1.29, 1.82) is 0 Å². The first kappa shape index (κ1) is 16.1. The van der Waals surface area contributed by atoms with E-state index in [-0.39, 0.29) is 29.5 Å². The summed E-state index contributed by atoms with van der Waals surface area (Å²) in [5, 5.41) is 6.31. The average Bonchev–Trinajstić information content (AvgIpc) is 3.07. The second kappa shape index (κ2) is 7.23. The number of carbonyl (C=O) groups is 1. The Morgan fingerprint density at radius 3 is 2.75 bits per heavy atom. The Balaban J connectivity index is 1.59. The molecule has 24 heavy (non-hydrogen) atoms. The first-order valence-electron chi connectivity index (χ1n) is 7.25. The molecule has 0 unspecified atom stereocenters. The zero-order valence-electron chi connectivity index (χ0n) is 12.5. The van der Waals surface area contributed by atoms with Gasteiger partial charge in [0, 0.05) is 18.4 Å². The fourth-order valence-corrected chi connectivity index (χ4v) is 2.27. The van der Waals surface area contributed by atoms with Gasteiger partial charge in [-0.15, -0.1) is 0 Å². The number of halogens is 2. The number of hydrogen-bond donors (Lipinski definition) is 1. The molecule has 0 bridgehead atoms. The molecule has 0 aliphatic carbocycles. The van der Waals surface area contributed by atoms with Gasteiger partial charge in [-0.05, 0) is 12.1 Å². The monoisotopic (exact) mass is 345 g/mol. The van der Waals surface area contributed by atoms with Crippen molar-refractivity contribution >= 4 is 23.2 Å². The highest BCUT2D eigenvalue weighted by Crippen LogP contribution is 2.22. The van der Waals surface area contributed by atoms with Gasteiger partial charge in [0.1, 0.15) is 0 Å². The SMILES string of the molecule is O=C(CCc1nc(-c2ccccc2)no1)Nc1cccc(Cl)c1F. The van der Waals surface area contributed by atoms with Crippen LogP contribution in [0.4, 0.5) is 10.1 Å². The summed E-state index contributed by atoms with van der Waals surface area (Å²) in [7, 11) is 0. The van der Waals surface area contributed by atoms with Crippen LogP contribution in [-0.4, -0.2) is 16.0 Å². The van der Waals surface area contributed by atoms with Crippen LogP contribution in [0.1, 0.15) is 12.3 Å². The van der Waals surface area contributed by atoms with Crippen molar-refractivity contribution in [3.8, 4) is 11.4 Å². The summed E-state index contributed by atoms with van der Waals surface area (Å²) in [6.45, 7) is 0. The molecule has 0 saturated heterocycles. The number of hydrogen-bond acceptors (Lipinski definition) is 4. The third-order valence-corrected chi connectivity index (χ3v) is 3.58. The Morgan fingerprint density at radius 2 is 1.96 bits per heavy atom. The van der Waals surface area contributed by atoms with Gasteiger partial charge in [0.25, 0.3) is 0 Å². The first-order chi connectivity index (χ1) is 11.6. The van der Waals surface area contributed by atoms with Crippen molar-refractivity contribution in [3.05, 3.63) is 65.3 Å². The molecule has 3 rings (SSSR count). The van der Waals surface area contributed by atoms with E-state index >= 15 is 0 Å². The summed E-state index contributed by atoms with van der Waals surface area (Å²) < 4.78 is 18.9. The van der Waals surface area contributed by atoms with E-state index in [0.29, 0.717) is 11.7 Å². The zero-order chi connectivity index (χ0) is 16.9. The predicted molar refractivity (Wildman–Crippen MR) is 88.1 cm³/mol. The van der Waals surface area contributed by atoms with Crippen molar-refractivity contribution < 1.29 is 13.7 Å². The Morgan fingerprint density at radius 1 is 1.17 bits per heavy atom. The smallest absolute Gasteiger partial charge is 0.227 e. The Hall–Kier alpha value is -2.73. The Bertz CT molecular complexity index is 852. The molecule has 0 atom stereocenters. The number of rotatable bonds is 5. The molecule has 2 aromatic carbocycles. The first-order valence-corrected chi connectivity index (χ1v) is 7.63. The summed E-state index contributed by atoms with van der Waals surface area (Å²) >= 11 is 5.67. The van der Waals surface area contributed by atoms with Crippen LogP contribution in [0, 0.1) is 5.82 Å². The van der Waals surface area contributed by atoms with E-state index in [2.05, 4.69) is 15.5 Å². The van der Waals surface area contributed by atoms with Crippen LogP contribution in [0.2, 0.25) is 5.02 Å². The maximum Gasteiger partial charge on any atom is 0.227 e. The number of anilines is 1. The van der Waals surface area contributed by atoms with E-state index in [4.69, 9.17) is 16.1 Å². The van der Waals surface area contributed by atoms with Gasteiger partial charge in [0.05, 0.1) is 10.7 Å². The van der Waals surface area contributed by atoms with Gasteiger partial charge in [-0.2, -0.15) is 4.98 Å². The summed E-state index contributed by atoms with van der Waals surface area (Å²) in [6.07, 6.45) is 0.343. The number of nitrogens with one attached hydrogen (secondary N) is 1. The van der Waals surface area contributed by atoms with E-state index in [0.717, 1.165) is 5.56 Å². The molecule has 7 heteroatoms. The quantitative estimate of drug-likeness (QED) is 0.756. The van der Waals surface area contributed by atoms with Crippen LogP contribution in [0.15, 0.2) is 53.1 Å². The lowest BCUT2D eigenvalue weighted by Gasteiger charge is -2.06. The summed E-state index contributed by atoms with van der Waals surface area (Å²) in [5.74, 6) is -0.213. The lowest BCUT2D eigenvalue weighted by Crippen LogP contribution is -2.13. The van der Waals surface area contributed by atoms with Gasteiger partial charge in [-0.3, -0.25) is 4.79 Å². The van der Waals surface area contributed by atoms with Crippen molar-refractivity contribution in [3.63, 3.8) is 0 Å². The highest BCUT2D eigenvalue weighted by molar-refractivity contribution is 6.31. The van der Waals surface area contributed by atoms with Gasteiger partial charge < -0.3 is 9.84 Å². The number of carbonyl (C=O) groups excluding carboxylic acids is 1. The molecular weight excluding hydrogens is 333 g/mol. The Labute approximate surface area is 142 Å². The third-order valence-electron chi connectivity index (χ3n) is 3.29. The van der Waals surface area contributed by atoms with E-state index in [1.165, 1.54) is 12.1 Å². The van der Waals surface area contributed by atoms with Crippen molar-refractivity contribution in [1.82, 2.24) is 10.1 Å². The number of aromatic nitrogens is 2. The lowest BCUT2D eigenvalue weighted by molar-refractivity contribution is -0.116. The lowest BCUT2D eigenvalue weighted by atomic mass is 10.2. The van der Waals surface area contributed by atoms with Crippen LogP contribution in [-0.2, 0) is 11.2 Å². The van der Waals surface area contributed by atoms with Crippen molar-refractivity contribution in [2.24, 2.45) is 0 Å².